The van der Waals surface area contributed by atoms with Crippen LogP contribution < -0.4 is 0 Å². The molecule has 0 radical (unpaired) electrons. The molecule has 0 unspecified atom stereocenters. The van der Waals surface area contributed by atoms with Crippen LogP contribution in [0.3, 0.4) is 0 Å². The van der Waals surface area contributed by atoms with Crippen molar-refractivity contribution < 1.29 is 9.53 Å². The molecule has 0 amide bonds. The standard InChI is InChI=1S/C21H22N2O2/c1-25-21(24)19-12-6-5-11-18(19)16-23-15-14-22-20(23)13-7-10-17-8-3-2-4-9-17/h2-6,8-9,11-12,14-15H,7,10,13,16H2,1H3. The van der Waals surface area contributed by atoms with Gasteiger partial charge in [-0.05, 0) is 30.0 Å². The summed E-state index contributed by atoms with van der Waals surface area (Å²) in [4.78, 5) is 16.4. The molecule has 4 heteroatoms. The van der Waals surface area contributed by atoms with Crippen molar-refractivity contribution in [3.8, 4) is 0 Å². The van der Waals surface area contributed by atoms with E-state index < -0.39 is 0 Å². The van der Waals surface area contributed by atoms with E-state index in [-0.39, 0.29) is 5.97 Å². The quantitative estimate of drug-likeness (QED) is 0.616. The van der Waals surface area contributed by atoms with Gasteiger partial charge in [-0.1, -0.05) is 48.5 Å². The SMILES string of the molecule is COC(=O)c1ccccc1Cn1ccnc1CCCc1ccccc1. The highest BCUT2D eigenvalue weighted by Gasteiger charge is 2.12. The maximum Gasteiger partial charge on any atom is 0.338 e. The Morgan fingerprint density at radius 3 is 2.60 bits per heavy atom. The summed E-state index contributed by atoms with van der Waals surface area (Å²) >= 11 is 0. The molecule has 25 heavy (non-hydrogen) atoms. The summed E-state index contributed by atoms with van der Waals surface area (Å²) in [6, 6.07) is 18.0. The number of aryl methyl sites for hydroxylation is 2. The van der Waals surface area contributed by atoms with Gasteiger partial charge in [0.15, 0.2) is 0 Å². The Bertz CT molecular complexity index is 825. The molecule has 1 aromatic heterocycles. The Kier molecular flexibility index (Phi) is 5.62. The van der Waals surface area contributed by atoms with Gasteiger partial charge >= 0.3 is 5.97 Å². The fourth-order valence-electron chi connectivity index (χ4n) is 2.96. The van der Waals surface area contributed by atoms with Gasteiger partial charge in [-0.3, -0.25) is 0 Å². The Hall–Kier alpha value is -2.88. The molecule has 0 fully saturated rings. The van der Waals surface area contributed by atoms with E-state index in [1.54, 1.807) is 6.07 Å². The maximum atomic E-state index is 11.9. The zero-order chi connectivity index (χ0) is 17.5. The minimum atomic E-state index is -0.304. The summed E-state index contributed by atoms with van der Waals surface area (Å²) < 4.78 is 6.98. The first-order valence-electron chi connectivity index (χ1n) is 8.48. The zero-order valence-electron chi connectivity index (χ0n) is 14.4. The third-order valence-corrected chi connectivity index (χ3v) is 4.27. The number of rotatable bonds is 7. The number of ether oxygens (including phenoxy) is 1. The molecule has 0 saturated carbocycles. The lowest BCUT2D eigenvalue weighted by Crippen LogP contribution is -2.10. The molecule has 0 N–H and O–H groups in total. The van der Waals surface area contributed by atoms with Crippen LogP contribution in [0.5, 0.6) is 0 Å². The molecule has 1 heterocycles. The molecule has 0 bridgehead atoms. The second-order valence-corrected chi connectivity index (χ2v) is 5.96. The molecule has 2 aromatic carbocycles. The molecule has 0 atom stereocenters. The molecule has 0 aliphatic rings. The van der Waals surface area contributed by atoms with Crippen molar-refractivity contribution in [1.82, 2.24) is 9.55 Å². The van der Waals surface area contributed by atoms with E-state index in [1.807, 2.05) is 36.7 Å². The fourth-order valence-corrected chi connectivity index (χ4v) is 2.96. The summed E-state index contributed by atoms with van der Waals surface area (Å²) in [7, 11) is 1.41. The zero-order valence-corrected chi connectivity index (χ0v) is 14.4. The maximum absolute atomic E-state index is 11.9. The molecule has 3 rings (SSSR count). The lowest BCUT2D eigenvalue weighted by Gasteiger charge is -2.11. The smallest absolute Gasteiger partial charge is 0.338 e. The number of imidazole rings is 1. The van der Waals surface area contributed by atoms with E-state index in [1.165, 1.54) is 12.7 Å². The number of carbonyl (C=O) groups is 1. The first-order chi connectivity index (χ1) is 12.3. The molecule has 0 aliphatic carbocycles. The number of carbonyl (C=O) groups excluding carboxylic acids is 1. The number of nitrogens with zero attached hydrogens (tertiary/aromatic N) is 2. The number of benzene rings is 2. The fraction of sp³-hybridized carbons (Fsp3) is 0.238. The first kappa shape index (κ1) is 17.0. The van der Waals surface area contributed by atoms with Crippen molar-refractivity contribution in [2.75, 3.05) is 7.11 Å². The van der Waals surface area contributed by atoms with Crippen molar-refractivity contribution in [1.29, 1.82) is 0 Å². The van der Waals surface area contributed by atoms with Crippen molar-refractivity contribution >= 4 is 5.97 Å². The van der Waals surface area contributed by atoms with Crippen molar-refractivity contribution in [3.05, 3.63) is 89.5 Å². The minimum absolute atomic E-state index is 0.304. The number of esters is 1. The van der Waals surface area contributed by atoms with Gasteiger partial charge in [-0.15, -0.1) is 0 Å². The van der Waals surface area contributed by atoms with E-state index in [2.05, 4.69) is 33.8 Å². The third kappa shape index (κ3) is 4.35. The van der Waals surface area contributed by atoms with Gasteiger partial charge in [0, 0.05) is 25.4 Å². The average Bonchev–Trinajstić information content (AvgIpc) is 3.09. The van der Waals surface area contributed by atoms with Crippen LogP contribution in [0.15, 0.2) is 67.0 Å². The van der Waals surface area contributed by atoms with Crippen LogP contribution in [0.2, 0.25) is 0 Å². The van der Waals surface area contributed by atoms with Gasteiger partial charge in [0.2, 0.25) is 0 Å². The van der Waals surface area contributed by atoms with E-state index >= 15 is 0 Å². The van der Waals surface area contributed by atoms with Crippen LogP contribution in [0, 0.1) is 0 Å². The number of aromatic nitrogens is 2. The molecule has 4 nitrogen and oxygen atoms in total. The molecular weight excluding hydrogens is 312 g/mol. The summed E-state index contributed by atoms with van der Waals surface area (Å²) in [5, 5.41) is 0. The summed E-state index contributed by atoms with van der Waals surface area (Å²) in [5.41, 5.74) is 2.89. The van der Waals surface area contributed by atoms with Crippen LogP contribution in [-0.4, -0.2) is 22.6 Å². The predicted molar refractivity (Wildman–Crippen MR) is 97.6 cm³/mol. The van der Waals surface area contributed by atoms with E-state index in [0.29, 0.717) is 12.1 Å². The topological polar surface area (TPSA) is 44.1 Å². The molecule has 3 aromatic rings. The lowest BCUT2D eigenvalue weighted by atomic mass is 10.1. The Morgan fingerprint density at radius 1 is 1.04 bits per heavy atom. The van der Waals surface area contributed by atoms with Crippen molar-refractivity contribution in [3.63, 3.8) is 0 Å². The highest BCUT2D eigenvalue weighted by atomic mass is 16.5. The Balaban J connectivity index is 1.67. The van der Waals surface area contributed by atoms with Gasteiger partial charge in [0.25, 0.3) is 0 Å². The number of methoxy groups -OCH3 is 1. The van der Waals surface area contributed by atoms with Crippen LogP contribution in [-0.2, 0) is 24.1 Å². The van der Waals surface area contributed by atoms with Crippen LogP contribution in [0.1, 0.15) is 33.7 Å². The molecule has 128 valence electrons. The monoisotopic (exact) mass is 334 g/mol. The van der Waals surface area contributed by atoms with Gasteiger partial charge in [-0.25, -0.2) is 9.78 Å². The summed E-state index contributed by atoms with van der Waals surface area (Å²) in [6.07, 6.45) is 6.76. The second-order valence-electron chi connectivity index (χ2n) is 5.96. The Labute approximate surface area is 148 Å². The van der Waals surface area contributed by atoms with Gasteiger partial charge in [-0.2, -0.15) is 0 Å². The predicted octanol–water partition coefficient (Wildman–Crippen LogP) is 3.89. The van der Waals surface area contributed by atoms with Gasteiger partial charge in [0.1, 0.15) is 5.82 Å². The summed E-state index contributed by atoms with van der Waals surface area (Å²) in [5.74, 6) is 0.733. The summed E-state index contributed by atoms with van der Waals surface area (Å²) in [6.45, 7) is 0.617. The van der Waals surface area contributed by atoms with E-state index in [4.69, 9.17) is 4.74 Å². The van der Waals surface area contributed by atoms with Crippen LogP contribution in [0.25, 0.3) is 0 Å². The molecular formula is C21H22N2O2. The van der Waals surface area contributed by atoms with Crippen LogP contribution >= 0.6 is 0 Å². The van der Waals surface area contributed by atoms with Crippen LogP contribution in [0.4, 0.5) is 0 Å². The Morgan fingerprint density at radius 2 is 1.80 bits per heavy atom. The van der Waals surface area contributed by atoms with Crippen molar-refractivity contribution in [2.45, 2.75) is 25.8 Å². The van der Waals surface area contributed by atoms with E-state index in [9.17, 15) is 4.79 Å². The van der Waals surface area contributed by atoms with Gasteiger partial charge < -0.3 is 9.30 Å². The second kappa shape index (κ2) is 8.29. The van der Waals surface area contributed by atoms with Crippen molar-refractivity contribution in [2.24, 2.45) is 0 Å². The lowest BCUT2D eigenvalue weighted by molar-refractivity contribution is 0.0599. The largest absolute Gasteiger partial charge is 0.465 e. The molecule has 0 saturated heterocycles. The molecule has 0 aliphatic heterocycles. The number of hydrogen-bond acceptors (Lipinski definition) is 3. The number of hydrogen-bond donors (Lipinski definition) is 0. The highest BCUT2D eigenvalue weighted by molar-refractivity contribution is 5.90. The third-order valence-electron chi connectivity index (χ3n) is 4.27. The highest BCUT2D eigenvalue weighted by Crippen LogP contribution is 2.14. The normalized spacial score (nSPS) is 10.6. The molecule has 0 spiro atoms. The minimum Gasteiger partial charge on any atom is -0.465 e. The average molecular weight is 334 g/mol. The first-order valence-corrected chi connectivity index (χ1v) is 8.48. The van der Waals surface area contributed by atoms with E-state index in [0.717, 1.165) is 30.7 Å². The van der Waals surface area contributed by atoms with Gasteiger partial charge in [0.05, 0.1) is 12.7 Å².